The molecule has 7 atom stereocenters. The van der Waals surface area contributed by atoms with Crippen LogP contribution in [0, 0.1) is 0 Å². The number of allylic oxidation sites excluding steroid dienone is 8. The van der Waals surface area contributed by atoms with Crippen LogP contribution in [-0.2, 0) is 14.3 Å². The molecule has 7 unspecified atom stereocenters. The molecular formula is C56H103NO8. The summed E-state index contributed by atoms with van der Waals surface area (Å²) in [6.45, 7) is 3.72. The van der Waals surface area contributed by atoms with Gasteiger partial charge >= 0.3 is 0 Å². The lowest BCUT2D eigenvalue weighted by atomic mass is 9.99. The Bertz CT molecular complexity index is 1160. The minimum absolute atomic E-state index is 0.136. The predicted molar refractivity (Wildman–Crippen MR) is 272 cm³/mol. The first-order valence-electron chi connectivity index (χ1n) is 27.3. The molecule has 0 aromatic rings. The van der Waals surface area contributed by atoms with Gasteiger partial charge in [-0.05, 0) is 51.4 Å². The topological polar surface area (TPSA) is 149 Å². The minimum Gasteiger partial charge on any atom is -0.394 e. The van der Waals surface area contributed by atoms with Crippen LogP contribution in [0.25, 0.3) is 0 Å². The lowest BCUT2D eigenvalue weighted by molar-refractivity contribution is -0.302. The van der Waals surface area contributed by atoms with Gasteiger partial charge in [-0.3, -0.25) is 4.79 Å². The highest BCUT2D eigenvalue weighted by Crippen LogP contribution is 2.23. The largest absolute Gasteiger partial charge is 0.394 e. The van der Waals surface area contributed by atoms with Gasteiger partial charge in [-0.2, -0.15) is 0 Å². The Morgan fingerprint density at radius 2 is 0.954 bits per heavy atom. The number of hydrogen-bond donors (Lipinski definition) is 6. The van der Waals surface area contributed by atoms with Crippen molar-refractivity contribution in [3.05, 3.63) is 48.6 Å². The van der Waals surface area contributed by atoms with Gasteiger partial charge in [0.25, 0.3) is 0 Å². The number of rotatable bonds is 46. The van der Waals surface area contributed by atoms with Crippen molar-refractivity contribution in [1.82, 2.24) is 5.32 Å². The van der Waals surface area contributed by atoms with Gasteiger partial charge in [0, 0.05) is 6.42 Å². The van der Waals surface area contributed by atoms with Gasteiger partial charge in [-0.25, -0.2) is 0 Å². The number of aliphatic hydroxyl groups excluding tert-OH is 5. The van der Waals surface area contributed by atoms with Gasteiger partial charge in [-0.15, -0.1) is 0 Å². The van der Waals surface area contributed by atoms with E-state index in [4.69, 9.17) is 9.47 Å². The quantitative estimate of drug-likeness (QED) is 0.0261. The molecule has 0 bridgehead atoms. The van der Waals surface area contributed by atoms with Crippen LogP contribution in [0.15, 0.2) is 48.6 Å². The van der Waals surface area contributed by atoms with E-state index in [-0.39, 0.29) is 12.5 Å². The second-order valence-corrected chi connectivity index (χ2v) is 19.0. The Balaban J connectivity index is 2.11. The van der Waals surface area contributed by atoms with Gasteiger partial charge in [0.15, 0.2) is 6.29 Å². The summed E-state index contributed by atoms with van der Waals surface area (Å²) in [6.07, 6.45) is 52.9. The van der Waals surface area contributed by atoms with E-state index in [1.54, 1.807) is 0 Å². The predicted octanol–water partition coefficient (Wildman–Crippen LogP) is 13.0. The third-order valence-electron chi connectivity index (χ3n) is 12.9. The Morgan fingerprint density at radius 3 is 1.42 bits per heavy atom. The summed E-state index contributed by atoms with van der Waals surface area (Å²) in [5, 5.41) is 54.4. The number of nitrogens with one attached hydrogen (secondary N) is 1. The monoisotopic (exact) mass is 918 g/mol. The first-order chi connectivity index (χ1) is 31.8. The van der Waals surface area contributed by atoms with E-state index in [0.717, 1.165) is 64.2 Å². The summed E-state index contributed by atoms with van der Waals surface area (Å²) in [6, 6.07) is -0.717. The highest BCUT2D eigenvalue weighted by atomic mass is 16.7. The fraction of sp³-hybridized carbons (Fsp3) is 0.839. The van der Waals surface area contributed by atoms with Crippen molar-refractivity contribution in [3.8, 4) is 0 Å². The molecule has 0 radical (unpaired) electrons. The summed E-state index contributed by atoms with van der Waals surface area (Å²) >= 11 is 0. The van der Waals surface area contributed by atoms with Crippen molar-refractivity contribution in [3.63, 3.8) is 0 Å². The third kappa shape index (κ3) is 35.9. The fourth-order valence-corrected chi connectivity index (χ4v) is 8.62. The highest BCUT2D eigenvalue weighted by Gasteiger charge is 2.44. The zero-order chi connectivity index (χ0) is 47.3. The number of unbranched alkanes of at least 4 members (excludes halogenated alkanes) is 28. The molecule has 9 heteroatoms. The standard InChI is InChI=1S/C56H103NO8/c1-3-5-7-9-11-13-15-16-17-18-19-20-21-22-23-24-25-26-27-28-29-30-31-32-33-34-36-38-40-42-44-46-52(60)57-49(48-64-56-55(63)54(62)53(61)51(47-58)65-56)50(59)45-43-41-39-37-35-14-12-10-8-6-4-2/h5,7,11,13,16-17,19-20,49-51,53-56,58-59,61-63H,3-4,6,8-10,12,14-15,18,21-48H2,1-2H3,(H,57,60)/b7-5-,13-11-,17-16-,20-19-. The molecule has 1 fully saturated rings. The average Bonchev–Trinajstić information content (AvgIpc) is 3.31. The van der Waals surface area contributed by atoms with Crippen LogP contribution >= 0.6 is 0 Å². The molecule has 9 nitrogen and oxygen atoms in total. The molecule has 0 aromatic carbocycles. The smallest absolute Gasteiger partial charge is 0.220 e. The molecule has 0 spiro atoms. The van der Waals surface area contributed by atoms with Crippen molar-refractivity contribution in [1.29, 1.82) is 0 Å². The van der Waals surface area contributed by atoms with E-state index < -0.39 is 49.5 Å². The van der Waals surface area contributed by atoms with Gasteiger partial charge < -0.3 is 40.3 Å². The fourth-order valence-electron chi connectivity index (χ4n) is 8.62. The molecule has 1 amide bonds. The summed E-state index contributed by atoms with van der Waals surface area (Å²) in [7, 11) is 0. The molecule has 0 saturated carbocycles. The highest BCUT2D eigenvalue weighted by molar-refractivity contribution is 5.76. The summed E-state index contributed by atoms with van der Waals surface area (Å²) in [5.74, 6) is -0.144. The maximum Gasteiger partial charge on any atom is 0.220 e. The minimum atomic E-state index is -1.55. The maximum absolute atomic E-state index is 13.0. The number of ether oxygens (including phenoxy) is 2. The Kier molecular flexibility index (Phi) is 43.2. The molecule has 1 heterocycles. The third-order valence-corrected chi connectivity index (χ3v) is 12.9. The molecule has 1 rings (SSSR count). The van der Waals surface area contributed by atoms with Crippen LogP contribution in [0.5, 0.6) is 0 Å². The molecule has 1 saturated heterocycles. The second kappa shape index (κ2) is 45.9. The first-order valence-corrected chi connectivity index (χ1v) is 27.3. The van der Waals surface area contributed by atoms with E-state index in [1.807, 2.05) is 0 Å². The zero-order valence-electron chi connectivity index (χ0n) is 42.0. The first kappa shape index (κ1) is 61.2. The van der Waals surface area contributed by atoms with Crippen LogP contribution in [0.4, 0.5) is 0 Å². The molecule has 380 valence electrons. The van der Waals surface area contributed by atoms with Crippen LogP contribution < -0.4 is 5.32 Å². The SMILES string of the molecule is CC/C=C\C/C=C\C/C=C\C/C=C\CCCCCCCCCCCCCCCCCCCCC(=O)NC(COC1OC(CO)C(O)C(O)C1O)C(O)CCCCCCCCCCCCC. The summed E-state index contributed by atoms with van der Waals surface area (Å²) < 4.78 is 11.3. The van der Waals surface area contributed by atoms with Crippen LogP contribution in [0.1, 0.15) is 245 Å². The van der Waals surface area contributed by atoms with Crippen molar-refractivity contribution in [2.45, 2.75) is 288 Å². The van der Waals surface area contributed by atoms with Crippen molar-refractivity contribution in [2.24, 2.45) is 0 Å². The van der Waals surface area contributed by atoms with E-state index >= 15 is 0 Å². The van der Waals surface area contributed by atoms with E-state index in [1.165, 1.54) is 154 Å². The van der Waals surface area contributed by atoms with E-state index in [2.05, 4.69) is 67.8 Å². The summed E-state index contributed by atoms with van der Waals surface area (Å²) in [5.41, 5.74) is 0. The van der Waals surface area contributed by atoms with Crippen molar-refractivity contribution < 1.29 is 39.8 Å². The second-order valence-electron chi connectivity index (χ2n) is 19.0. The molecule has 1 aliphatic rings. The molecule has 6 N–H and O–H groups in total. The van der Waals surface area contributed by atoms with Crippen LogP contribution in [-0.4, -0.2) is 87.5 Å². The Labute approximate surface area is 399 Å². The van der Waals surface area contributed by atoms with Crippen molar-refractivity contribution >= 4 is 5.91 Å². The lowest BCUT2D eigenvalue weighted by Gasteiger charge is -2.40. The van der Waals surface area contributed by atoms with E-state index in [0.29, 0.717) is 12.8 Å². The molecule has 0 aromatic heterocycles. The van der Waals surface area contributed by atoms with Gasteiger partial charge in [0.2, 0.25) is 5.91 Å². The van der Waals surface area contributed by atoms with Gasteiger partial charge in [-0.1, -0.05) is 236 Å². The zero-order valence-corrected chi connectivity index (χ0v) is 42.0. The lowest BCUT2D eigenvalue weighted by Crippen LogP contribution is -2.60. The van der Waals surface area contributed by atoms with Gasteiger partial charge in [0.05, 0.1) is 25.4 Å². The molecular weight excluding hydrogens is 815 g/mol. The number of amides is 1. The maximum atomic E-state index is 13.0. The van der Waals surface area contributed by atoms with Crippen molar-refractivity contribution in [2.75, 3.05) is 13.2 Å². The normalized spacial score (nSPS) is 20.3. The van der Waals surface area contributed by atoms with Gasteiger partial charge in [0.1, 0.15) is 24.4 Å². The number of carbonyl (C=O) groups is 1. The molecule has 65 heavy (non-hydrogen) atoms. The van der Waals surface area contributed by atoms with Crippen LogP contribution in [0.3, 0.4) is 0 Å². The molecule has 1 aliphatic heterocycles. The number of aliphatic hydroxyl groups is 5. The Hall–Kier alpha value is -1.85. The summed E-state index contributed by atoms with van der Waals surface area (Å²) in [4.78, 5) is 13.0. The number of hydrogen-bond acceptors (Lipinski definition) is 8. The Morgan fingerprint density at radius 1 is 0.538 bits per heavy atom. The average molecular weight is 918 g/mol. The van der Waals surface area contributed by atoms with Crippen LogP contribution in [0.2, 0.25) is 0 Å². The molecule has 0 aliphatic carbocycles. The van der Waals surface area contributed by atoms with E-state index in [9.17, 15) is 30.3 Å². The number of carbonyl (C=O) groups excluding carboxylic acids is 1.